The Kier molecular flexibility index (Phi) is 10.2. The molecular weight excluding hydrogens is 761 g/mol. The molecule has 0 aliphatic rings. The monoisotopic (exact) mass is 798 g/mol. The molecular formula is C54H38N8. The first-order chi connectivity index (χ1) is 30.5. The third kappa shape index (κ3) is 8.13. The van der Waals surface area contributed by atoms with Gasteiger partial charge in [0.05, 0.1) is 5.69 Å². The van der Waals surface area contributed by atoms with Crippen molar-refractivity contribution in [3.63, 3.8) is 0 Å². The smallest absolute Gasteiger partial charge is 0.164 e. The largest absolute Gasteiger partial charge is 0.239 e. The lowest BCUT2D eigenvalue weighted by molar-refractivity contribution is 1.02. The van der Waals surface area contributed by atoms with Gasteiger partial charge in [0.15, 0.2) is 34.9 Å². The lowest BCUT2D eigenvalue weighted by Crippen LogP contribution is -2.00. The van der Waals surface area contributed by atoms with Crippen molar-refractivity contribution in [2.24, 2.45) is 0 Å². The van der Waals surface area contributed by atoms with Gasteiger partial charge in [-0.2, -0.15) is 0 Å². The second kappa shape index (κ2) is 16.7. The summed E-state index contributed by atoms with van der Waals surface area (Å²) in [6.07, 6.45) is 0. The van der Waals surface area contributed by atoms with E-state index in [2.05, 4.69) is 71.7 Å². The summed E-state index contributed by atoms with van der Waals surface area (Å²) < 4.78 is 0. The van der Waals surface area contributed by atoms with E-state index in [-0.39, 0.29) is 0 Å². The van der Waals surface area contributed by atoms with E-state index < -0.39 is 0 Å². The second-order valence-corrected chi connectivity index (χ2v) is 15.0. The highest BCUT2D eigenvalue weighted by atomic mass is 15.0. The van der Waals surface area contributed by atoms with Gasteiger partial charge in [-0.05, 0) is 66.4 Å². The molecule has 8 heteroatoms. The fourth-order valence-electron chi connectivity index (χ4n) is 7.50. The molecule has 3 aromatic heterocycles. The number of aromatic nitrogens is 8. The van der Waals surface area contributed by atoms with E-state index in [0.717, 1.165) is 78.4 Å². The first kappa shape index (κ1) is 37.9. The quantitative estimate of drug-likeness (QED) is 0.142. The van der Waals surface area contributed by atoms with Crippen molar-refractivity contribution < 1.29 is 0 Å². The Bertz CT molecular complexity index is 3040. The van der Waals surface area contributed by atoms with Crippen molar-refractivity contribution >= 4 is 0 Å². The summed E-state index contributed by atoms with van der Waals surface area (Å²) in [6, 6.07) is 65.5. The molecule has 0 unspecified atom stereocenters. The van der Waals surface area contributed by atoms with Crippen molar-refractivity contribution in [3.8, 4) is 102 Å². The SMILES string of the molecule is Cc1cc(-c2cc(-c3ccc(-c4nc(-c5ccccc5)nc(-c5ccccc5)n4)cc3)cc(-c3cccc(-c4nc(-c5ccccc5)nc(-c5ccccc5)n4)c3)c2)nc(C)n1. The molecule has 0 atom stereocenters. The lowest BCUT2D eigenvalue weighted by atomic mass is 9.93. The first-order valence-electron chi connectivity index (χ1n) is 20.4. The van der Waals surface area contributed by atoms with Crippen LogP contribution in [0.1, 0.15) is 11.5 Å². The predicted octanol–water partition coefficient (Wildman–Crippen LogP) is 12.5. The van der Waals surface area contributed by atoms with Crippen LogP contribution in [0.5, 0.6) is 0 Å². The van der Waals surface area contributed by atoms with Gasteiger partial charge in [0.1, 0.15) is 5.82 Å². The molecule has 0 saturated carbocycles. The molecule has 0 aliphatic heterocycles. The van der Waals surface area contributed by atoms with Crippen LogP contribution >= 0.6 is 0 Å². The molecule has 0 spiro atoms. The molecule has 0 N–H and O–H groups in total. The Morgan fingerprint density at radius 2 is 0.548 bits per heavy atom. The van der Waals surface area contributed by atoms with Crippen LogP contribution < -0.4 is 0 Å². The highest BCUT2D eigenvalue weighted by Crippen LogP contribution is 2.35. The standard InChI is InChI=1S/C54H38N8/c1-35-30-48(56-36(2)55-35)47-33-45(37-26-28-42(29-27-37)53-59-49(38-16-7-3-8-17-38)57-50(60-53)39-18-9-4-10-19-39)32-46(34-47)43-24-15-25-44(31-43)54-61-51(40-20-11-5-12-21-40)58-52(62-54)41-22-13-6-14-23-41/h3-34H,1-2H3. The van der Waals surface area contributed by atoms with Gasteiger partial charge in [-0.3, -0.25) is 0 Å². The summed E-state index contributed by atoms with van der Waals surface area (Å²) >= 11 is 0. The molecule has 294 valence electrons. The molecule has 8 nitrogen and oxygen atoms in total. The molecule has 0 bridgehead atoms. The molecule has 0 fully saturated rings. The van der Waals surface area contributed by atoms with Crippen LogP contribution in [0.2, 0.25) is 0 Å². The summed E-state index contributed by atoms with van der Waals surface area (Å²) in [5, 5.41) is 0. The molecule has 62 heavy (non-hydrogen) atoms. The number of hydrogen-bond donors (Lipinski definition) is 0. The van der Waals surface area contributed by atoms with Gasteiger partial charge < -0.3 is 0 Å². The van der Waals surface area contributed by atoms with Crippen LogP contribution in [-0.2, 0) is 0 Å². The molecule has 7 aromatic carbocycles. The predicted molar refractivity (Wildman–Crippen MR) is 247 cm³/mol. The third-order valence-corrected chi connectivity index (χ3v) is 10.5. The molecule has 0 aliphatic carbocycles. The third-order valence-electron chi connectivity index (χ3n) is 10.5. The van der Waals surface area contributed by atoms with E-state index in [1.54, 1.807) is 0 Å². The average Bonchev–Trinajstić information content (AvgIpc) is 3.34. The number of rotatable bonds is 9. The zero-order chi connectivity index (χ0) is 41.8. The average molecular weight is 799 g/mol. The zero-order valence-electron chi connectivity index (χ0n) is 34.1. The summed E-state index contributed by atoms with van der Waals surface area (Å²) in [4.78, 5) is 39.1. The van der Waals surface area contributed by atoms with Gasteiger partial charge >= 0.3 is 0 Å². The van der Waals surface area contributed by atoms with Crippen LogP contribution in [0.15, 0.2) is 194 Å². The minimum Gasteiger partial charge on any atom is -0.239 e. The Balaban J connectivity index is 1.07. The van der Waals surface area contributed by atoms with Crippen LogP contribution in [-0.4, -0.2) is 39.9 Å². The Labute approximate surface area is 359 Å². The number of nitrogens with zero attached hydrogens (tertiary/aromatic N) is 8. The van der Waals surface area contributed by atoms with Crippen LogP contribution in [0.4, 0.5) is 0 Å². The molecule has 0 radical (unpaired) electrons. The van der Waals surface area contributed by atoms with Gasteiger partial charge in [-0.25, -0.2) is 39.9 Å². The summed E-state index contributed by atoms with van der Waals surface area (Å²) in [6.45, 7) is 3.93. The second-order valence-electron chi connectivity index (χ2n) is 15.0. The number of aryl methyl sites for hydroxylation is 2. The van der Waals surface area contributed by atoms with Gasteiger partial charge in [0, 0.05) is 44.6 Å². The topological polar surface area (TPSA) is 103 Å². The van der Waals surface area contributed by atoms with Crippen molar-refractivity contribution in [1.82, 2.24) is 39.9 Å². The van der Waals surface area contributed by atoms with E-state index in [4.69, 9.17) is 34.9 Å². The maximum atomic E-state index is 5.01. The number of benzene rings is 7. The van der Waals surface area contributed by atoms with Crippen LogP contribution in [0.3, 0.4) is 0 Å². The van der Waals surface area contributed by atoms with Gasteiger partial charge in [-0.15, -0.1) is 0 Å². The minimum atomic E-state index is 0.595. The molecule has 0 saturated heterocycles. The highest BCUT2D eigenvalue weighted by Gasteiger charge is 2.16. The van der Waals surface area contributed by atoms with E-state index in [0.29, 0.717) is 34.9 Å². The van der Waals surface area contributed by atoms with Crippen LogP contribution in [0, 0.1) is 13.8 Å². The molecule has 0 amide bonds. The first-order valence-corrected chi connectivity index (χ1v) is 20.4. The Morgan fingerprint density at radius 3 is 0.984 bits per heavy atom. The summed E-state index contributed by atoms with van der Waals surface area (Å²) in [7, 11) is 0. The van der Waals surface area contributed by atoms with Gasteiger partial charge in [-0.1, -0.05) is 164 Å². The summed E-state index contributed by atoms with van der Waals surface area (Å²) in [5.74, 6) is 4.40. The van der Waals surface area contributed by atoms with Crippen molar-refractivity contribution in [1.29, 1.82) is 0 Å². The molecule has 10 rings (SSSR count). The Morgan fingerprint density at radius 1 is 0.226 bits per heavy atom. The summed E-state index contributed by atoms with van der Waals surface area (Å²) in [5.41, 5.74) is 12.3. The van der Waals surface area contributed by atoms with E-state index in [9.17, 15) is 0 Å². The lowest BCUT2D eigenvalue weighted by Gasteiger charge is -2.13. The van der Waals surface area contributed by atoms with Crippen molar-refractivity contribution in [2.75, 3.05) is 0 Å². The fraction of sp³-hybridized carbons (Fsp3) is 0.0370. The van der Waals surface area contributed by atoms with Crippen LogP contribution in [0.25, 0.3) is 102 Å². The van der Waals surface area contributed by atoms with E-state index >= 15 is 0 Å². The highest BCUT2D eigenvalue weighted by molar-refractivity contribution is 5.82. The minimum absolute atomic E-state index is 0.595. The molecule has 3 heterocycles. The normalized spacial score (nSPS) is 11.1. The van der Waals surface area contributed by atoms with Crippen molar-refractivity contribution in [2.45, 2.75) is 13.8 Å². The maximum Gasteiger partial charge on any atom is 0.164 e. The van der Waals surface area contributed by atoms with Crippen molar-refractivity contribution in [3.05, 3.63) is 206 Å². The van der Waals surface area contributed by atoms with E-state index in [1.807, 2.05) is 141 Å². The molecule has 10 aromatic rings. The zero-order valence-corrected chi connectivity index (χ0v) is 34.1. The van der Waals surface area contributed by atoms with Gasteiger partial charge in [0.25, 0.3) is 0 Å². The Hall–Kier alpha value is -8.36. The number of hydrogen-bond acceptors (Lipinski definition) is 8. The fourth-order valence-corrected chi connectivity index (χ4v) is 7.50. The van der Waals surface area contributed by atoms with E-state index in [1.165, 1.54) is 0 Å². The van der Waals surface area contributed by atoms with Gasteiger partial charge in [0.2, 0.25) is 0 Å². The maximum absolute atomic E-state index is 5.01.